The maximum absolute atomic E-state index is 5.75. The summed E-state index contributed by atoms with van der Waals surface area (Å²) in [5.74, 6) is 0. The van der Waals surface area contributed by atoms with E-state index in [1.54, 1.807) is 11.1 Å². The number of fused-ring (bicyclic) bond motifs is 1. The van der Waals surface area contributed by atoms with E-state index < -0.39 is 0 Å². The van der Waals surface area contributed by atoms with Crippen LogP contribution in [-0.2, 0) is 17.6 Å². The molecule has 2 aromatic rings. The predicted molar refractivity (Wildman–Crippen MR) is 124 cm³/mol. The zero-order valence-electron chi connectivity index (χ0n) is 18.9. The summed E-state index contributed by atoms with van der Waals surface area (Å²) >= 11 is 0. The lowest BCUT2D eigenvalue weighted by Gasteiger charge is -2.50. The minimum absolute atomic E-state index is 0. The lowest BCUT2D eigenvalue weighted by molar-refractivity contribution is -0.962. The topological polar surface area (TPSA) is 12.5 Å². The lowest BCUT2D eigenvalue weighted by Crippen LogP contribution is -3.00. The van der Waals surface area contributed by atoms with E-state index in [9.17, 15) is 0 Å². The van der Waals surface area contributed by atoms with Crippen LogP contribution in [0.25, 0.3) is 0 Å². The van der Waals surface area contributed by atoms with Crippen LogP contribution < -0.4 is 17.3 Å². The number of morpholine rings is 1. The summed E-state index contributed by atoms with van der Waals surface area (Å²) in [6, 6.07) is 19.5. The fourth-order valence-electron chi connectivity index (χ4n) is 6.41. The SMILES string of the molecule is Cc1ccccc1N(CCC1CCCC[N+]12CCOCC2)C1Cc2ccccc2C1.[Cl-]. The zero-order chi connectivity index (χ0) is 20.4. The Bertz CT molecular complexity index is 831. The first kappa shape index (κ1) is 22.6. The van der Waals surface area contributed by atoms with E-state index in [0.717, 1.165) is 19.3 Å². The van der Waals surface area contributed by atoms with Crippen LogP contribution in [0.15, 0.2) is 48.5 Å². The molecule has 4 heteroatoms. The van der Waals surface area contributed by atoms with Gasteiger partial charge in [0.15, 0.2) is 0 Å². The maximum Gasteiger partial charge on any atom is 0.103 e. The summed E-state index contributed by atoms with van der Waals surface area (Å²) in [4.78, 5) is 2.76. The molecular weight excluding hydrogens is 404 g/mol. The van der Waals surface area contributed by atoms with Gasteiger partial charge in [0.1, 0.15) is 13.1 Å². The minimum Gasteiger partial charge on any atom is -1.00 e. The number of hydrogen-bond donors (Lipinski definition) is 0. The molecule has 1 aliphatic carbocycles. The van der Waals surface area contributed by atoms with E-state index in [1.807, 2.05) is 0 Å². The number of rotatable bonds is 5. The highest BCUT2D eigenvalue weighted by Gasteiger charge is 2.41. The summed E-state index contributed by atoms with van der Waals surface area (Å²) in [5, 5.41) is 0. The average Bonchev–Trinajstić information content (AvgIpc) is 3.21. The van der Waals surface area contributed by atoms with Crippen LogP contribution in [-0.4, -0.2) is 56.0 Å². The van der Waals surface area contributed by atoms with E-state index in [0.29, 0.717) is 6.04 Å². The largest absolute Gasteiger partial charge is 1.00 e. The molecule has 2 aromatic carbocycles. The van der Waals surface area contributed by atoms with Gasteiger partial charge in [0.2, 0.25) is 0 Å². The summed E-state index contributed by atoms with van der Waals surface area (Å²) in [6.45, 7) is 9.18. The molecule has 2 heterocycles. The lowest BCUT2D eigenvalue weighted by atomic mass is 9.94. The number of aryl methyl sites for hydroxylation is 1. The van der Waals surface area contributed by atoms with Gasteiger partial charge in [-0.3, -0.25) is 0 Å². The van der Waals surface area contributed by atoms with Gasteiger partial charge in [0.05, 0.1) is 25.8 Å². The fourth-order valence-corrected chi connectivity index (χ4v) is 6.41. The first-order chi connectivity index (χ1) is 14.8. The Morgan fingerprint density at radius 3 is 2.29 bits per heavy atom. The van der Waals surface area contributed by atoms with Gasteiger partial charge in [-0.25, -0.2) is 0 Å². The molecule has 2 fully saturated rings. The Hall–Kier alpha value is -1.55. The number of halogens is 1. The zero-order valence-corrected chi connectivity index (χ0v) is 19.7. The average molecular weight is 441 g/mol. The molecule has 168 valence electrons. The van der Waals surface area contributed by atoms with Crippen molar-refractivity contribution in [3.63, 3.8) is 0 Å². The normalized spacial score (nSPS) is 22.7. The van der Waals surface area contributed by atoms with E-state index in [4.69, 9.17) is 4.74 Å². The molecule has 0 saturated carbocycles. The molecule has 0 aromatic heterocycles. The monoisotopic (exact) mass is 440 g/mol. The van der Waals surface area contributed by atoms with Crippen molar-refractivity contribution in [1.82, 2.24) is 0 Å². The van der Waals surface area contributed by atoms with Crippen LogP contribution in [0.4, 0.5) is 5.69 Å². The number of ether oxygens (including phenoxy) is 1. The summed E-state index contributed by atoms with van der Waals surface area (Å²) < 4.78 is 7.07. The van der Waals surface area contributed by atoms with Crippen molar-refractivity contribution in [3.8, 4) is 0 Å². The van der Waals surface area contributed by atoms with Crippen LogP contribution in [0.1, 0.15) is 42.4 Å². The summed E-state index contributed by atoms with van der Waals surface area (Å²) in [5.41, 5.74) is 5.96. The molecule has 0 amide bonds. The van der Waals surface area contributed by atoms with Crippen molar-refractivity contribution in [2.45, 2.75) is 57.5 Å². The van der Waals surface area contributed by atoms with Gasteiger partial charge in [0, 0.05) is 24.7 Å². The van der Waals surface area contributed by atoms with Crippen molar-refractivity contribution in [2.24, 2.45) is 0 Å². The third-order valence-electron chi connectivity index (χ3n) is 8.13. The summed E-state index contributed by atoms with van der Waals surface area (Å²) in [7, 11) is 0. The van der Waals surface area contributed by atoms with Crippen LogP contribution in [0.5, 0.6) is 0 Å². The number of nitrogens with zero attached hydrogens (tertiary/aromatic N) is 2. The second kappa shape index (κ2) is 9.94. The molecule has 2 aliphatic heterocycles. The van der Waals surface area contributed by atoms with Gasteiger partial charge in [-0.15, -0.1) is 0 Å². The first-order valence-electron chi connectivity index (χ1n) is 12.1. The second-order valence-electron chi connectivity index (χ2n) is 9.75. The molecule has 0 radical (unpaired) electrons. The molecule has 0 bridgehead atoms. The van der Waals surface area contributed by atoms with Gasteiger partial charge < -0.3 is 26.5 Å². The highest BCUT2D eigenvalue weighted by Crippen LogP contribution is 2.34. The molecule has 31 heavy (non-hydrogen) atoms. The second-order valence-corrected chi connectivity index (χ2v) is 9.75. The first-order valence-corrected chi connectivity index (χ1v) is 12.1. The van der Waals surface area contributed by atoms with E-state index in [1.165, 1.54) is 80.4 Å². The van der Waals surface area contributed by atoms with Crippen LogP contribution >= 0.6 is 0 Å². The highest BCUT2D eigenvalue weighted by atomic mass is 35.5. The standard InChI is InChI=1S/C27H37N2O.ClH/c1-22-8-2-5-12-27(22)28(25-20-23-9-3-4-10-24(23)21-25)14-13-26-11-6-7-15-29(26)16-18-30-19-17-29;/h2-5,8-10,12,25-26H,6-7,11,13-21H2,1H3;1H/q+1;/p-1. The molecule has 1 unspecified atom stereocenters. The molecule has 3 nitrogen and oxygen atoms in total. The molecule has 2 saturated heterocycles. The Morgan fingerprint density at radius 2 is 1.58 bits per heavy atom. The van der Waals surface area contributed by atoms with Crippen LogP contribution in [0.2, 0.25) is 0 Å². The van der Waals surface area contributed by atoms with Crippen molar-refractivity contribution >= 4 is 5.69 Å². The molecule has 1 spiro atoms. The van der Waals surface area contributed by atoms with Gasteiger partial charge >= 0.3 is 0 Å². The van der Waals surface area contributed by atoms with E-state index in [2.05, 4.69) is 60.4 Å². The number of benzene rings is 2. The van der Waals surface area contributed by atoms with E-state index >= 15 is 0 Å². The number of piperidine rings is 1. The maximum atomic E-state index is 5.75. The molecular formula is C27H37ClN2O. The summed E-state index contributed by atoms with van der Waals surface area (Å²) in [6.07, 6.45) is 7.88. The third kappa shape index (κ3) is 4.65. The fraction of sp³-hybridized carbons (Fsp3) is 0.556. The Labute approximate surface area is 194 Å². The van der Waals surface area contributed by atoms with Crippen LogP contribution in [0.3, 0.4) is 0 Å². The Kier molecular flexibility index (Phi) is 7.26. The molecule has 5 rings (SSSR count). The molecule has 1 atom stereocenters. The minimum atomic E-state index is 0. The van der Waals surface area contributed by atoms with Crippen molar-refractivity contribution in [2.75, 3.05) is 44.3 Å². The number of hydrogen-bond acceptors (Lipinski definition) is 2. The third-order valence-corrected chi connectivity index (χ3v) is 8.13. The Morgan fingerprint density at radius 1 is 0.903 bits per heavy atom. The van der Waals surface area contributed by atoms with Crippen LogP contribution in [0, 0.1) is 6.92 Å². The van der Waals surface area contributed by atoms with Gasteiger partial charge in [-0.05, 0) is 61.8 Å². The van der Waals surface area contributed by atoms with Crippen molar-refractivity contribution < 1.29 is 21.6 Å². The van der Waals surface area contributed by atoms with Crippen molar-refractivity contribution in [3.05, 3.63) is 65.2 Å². The number of anilines is 1. The number of para-hydroxylation sites is 1. The quantitative estimate of drug-likeness (QED) is 0.657. The van der Waals surface area contributed by atoms with Crippen molar-refractivity contribution in [1.29, 1.82) is 0 Å². The molecule has 3 aliphatic rings. The molecule has 0 N–H and O–H groups in total. The predicted octanol–water partition coefficient (Wildman–Crippen LogP) is 1.76. The smallest absolute Gasteiger partial charge is 0.103 e. The highest BCUT2D eigenvalue weighted by molar-refractivity contribution is 5.55. The van der Waals surface area contributed by atoms with Gasteiger partial charge in [0.25, 0.3) is 0 Å². The van der Waals surface area contributed by atoms with E-state index in [-0.39, 0.29) is 12.4 Å². The van der Waals surface area contributed by atoms with Gasteiger partial charge in [-0.2, -0.15) is 0 Å². The Balaban J connectivity index is 0.00000231. The van der Waals surface area contributed by atoms with Gasteiger partial charge in [-0.1, -0.05) is 42.5 Å². The number of quaternary nitrogens is 1.